The number of hydrogen-bond acceptors (Lipinski definition) is 5. The molecular formula is C14H20N2O6S2. The zero-order valence-corrected chi connectivity index (χ0v) is 14.7. The van der Waals surface area contributed by atoms with E-state index in [1.165, 1.54) is 18.2 Å². The van der Waals surface area contributed by atoms with Crippen molar-refractivity contribution in [1.29, 1.82) is 0 Å². The highest BCUT2D eigenvalue weighted by Crippen LogP contribution is 2.23. The second-order valence-corrected chi connectivity index (χ2v) is 9.10. The lowest BCUT2D eigenvalue weighted by Gasteiger charge is -2.14. The molecule has 10 heteroatoms. The third-order valence-corrected chi connectivity index (χ3v) is 6.49. The zero-order valence-electron chi connectivity index (χ0n) is 13.1. The third kappa shape index (κ3) is 4.76. The van der Waals surface area contributed by atoms with Crippen molar-refractivity contribution < 1.29 is 26.7 Å². The Balaban J connectivity index is 2.27. The molecule has 1 aliphatic carbocycles. The SMILES string of the molecule is CCCC(NS(=O)(=O)c1cccc(S(=O)(=O)NC2CC2)c1)C(=O)O. The third-order valence-electron chi connectivity index (χ3n) is 3.50. The molecule has 3 N–H and O–H groups in total. The highest BCUT2D eigenvalue weighted by Gasteiger charge is 2.29. The van der Waals surface area contributed by atoms with Crippen molar-refractivity contribution in [3.63, 3.8) is 0 Å². The van der Waals surface area contributed by atoms with Crippen LogP contribution in [-0.4, -0.2) is 40.0 Å². The minimum absolute atomic E-state index is 0.102. The molecule has 1 atom stereocenters. The molecule has 0 aliphatic heterocycles. The van der Waals surface area contributed by atoms with Crippen LogP contribution in [0.4, 0.5) is 0 Å². The van der Waals surface area contributed by atoms with Gasteiger partial charge in [0.05, 0.1) is 9.79 Å². The predicted octanol–water partition coefficient (Wildman–Crippen LogP) is 0.659. The summed E-state index contributed by atoms with van der Waals surface area (Å²) < 4.78 is 53.6. The lowest BCUT2D eigenvalue weighted by atomic mass is 10.2. The molecule has 134 valence electrons. The van der Waals surface area contributed by atoms with E-state index in [1.807, 2.05) is 0 Å². The van der Waals surface area contributed by atoms with Gasteiger partial charge in [-0.25, -0.2) is 21.6 Å². The Kier molecular flexibility index (Phi) is 5.63. The van der Waals surface area contributed by atoms with E-state index < -0.39 is 32.1 Å². The molecule has 1 fully saturated rings. The summed E-state index contributed by atoms with van der Waals surface area (Å²) in [5.74, 6) is -1.28. The van der Waals surface area contributed by atoms with Crippen LogP contribution in [0.5, 0.6) is 0 Å². The fourth-order valence-corrected chi connectivity index (χ4v) is 4.77. The van der Waals surface area contributed by atoms with Gasteiger partial charge in [-0.15, -0.1) is 0 Å². The average molecular weight is 376 g/mol. The van der Waals surface area contributed by atoms with Crippen molar-refractivity contribution in [3.05, 3.63) is 24.3 Å². The van der Waals surface area contributed by atoms with Crippen LogP contribution in [0.15, 0.2) is 34.1 Å². The van der Waals surface area contributed by atoms with E-state index in [0.717, 1.165) is 18.9 Å². The van der Waals surface area contributed by atoms with Gasteiger partial charge < -0.3 is 5.11 Å². The lowest BCUT2D eigenvalue weighted by Crippen LogP contribution is -2.40. The van der Waals surface area contributed by atoms with Gasteiger partial charge in [-0.05, 0) is 37.5 Å². The largest absolute Gasteiger partial charge is 0.480 e. The molecule has 1 unspecified atom stereocenters. The highest BCUT2D eigenvalue weighted by atomic mass is 32.2. The number of rotatable bonds is 9. The summed E-state index contributed by atoms with van der Waals surface area (Å²) >= 11 is 0. The number of nitrogens with one attached hydrogen (secondary N) is 2. The minimum Gasteiger partial charge on any atom is -0.480 e. The van der Waals surface area contributed by atoms with E-state index in [2.05, 4.69) is 9.44 Å². The van der Waals surface area contributed by atoms with Gasteiger partial charge in [0, 0.05) is 6.04 Å². The lowest BCUT2D eigenvalue weighted by molar-refractivity contribution is -0.139. The monoisotopic (exact) mass is 376 g/mol. The normalized spacial score (nSPS) is 16.7. The first kappa shape index (κ1) is 18.8. The van der Waals surface area contributed by atoms with Gasteiger partial charge in [-0.1, -0.05) is 19.4 Å². The maximum absolute atomic E-state index is 12.3. The van der Waals surface area contributed by atoms with Crippen molar-refractivity contribution in [3.8, 4) is 0 Å². The van der Waals surface area contributed by atoms with Gasteiger partial charge in [0.25, 0.3) is 0 Å². The standard InChI is InChI=1S/C14H20N2O6S2/c1-2-4-13(14(17)18)16-24(21,22)12-6-3-5-11(9-12)23(19,20)15-10-7-8-10/h3,5-6,9-10,13,15-16H,2,4,7-8H2,1H3,(H,17,18). The van der Waals surface area contributed by atoms with E-state index in [1.54, 1.807) is 6.92 Å². The fraction of sp³-hybridized carbons (Fsp3) is 0.500. The first-order valence-electron chi connectivity index (χ1n) is 7.53. The number of benzene rings is 1. The first-order valence-corrected chi connectivity index (χ1v) is 10.5. The van der Waals surface area contributed by atoms with E-state index in [9.17, 15) is 21.6 Å². The van der Waals surface area contributed by atoms with E-state index in [0.29, 0.717) is 6.42 Å². The maximum atomic E-state index is 12.3. The van der Waals surface area contributed by atoms with Crippen molar-refractivity contribution in [2.24, 2.45) is 0 Å². The summed E-state index contributed by atoms with van der Waals surface area (Å²) in [7, 11) is -7.94. The Morgan fingerprint density at radius 2 is 1.79 bits per heavy atom. The number of hydrogen-bond donors (Lipinski definition) is 3. The van der Waals surface area contributed by atoms with Crippen LogP contribution in [0, 0.1) is 0 Å². The fourth-order valence-electron chi connectivity index (χ4n) is 2.07. The Hall–Kier alpha value is -1.49. The number of carboxylic acids is 1. The number of carbonyl (C=O) groups is 1. The molecule has 0 amide bonds. The molecule has 0 aromatic heterocycles. The predicted molar refractivity (Wildman–Crippen MR) is 86.4 cm³/mol. The Labute approximate surface area is 141 Å². The van der Waals surface area contributed by atoms with Gasteiger partial charge in [-0.2, -0.15) is 4.72 Å². The molecule has 0 saturated heterocycles. The number of sulfonamides is 2. The van der Waals surface area contributed by atoms with Crippen LogP contribution in [0.2, 0.25) is 0 Å². The molecule has 1 aromatic rings. The Morgan fingerprint density at radius 3 is 2.29 bits per heavy atom. The smallest absolute Gasteiger partial charge is 0.321 e. The first-order chi connectivity index (χ1) is 11.2. The van der Waals surface area contributed by atoms with Crippen LogP contribution in [-0.2, 0) is 24.8 Å². The maximum Gasteiger partial charge on any atom is 0.321 e. The van der Waals surface area contributed by atoms with E-state index >= 15 is 0 Å². The summed E-state index contributed by atoms with van der Waals surface area (Å²) in [6.45, 7) is 1.74. The molecule has 8 nitrogen and oxygen atoms in total. The minimum atomic E-state index is -4.15. The van der Waals surface area contributed by atoms with E-state index in [4.69, 9.17) is 5.11 Å². The highest BCUT2D eigenvalue weighted by molar-refractivity contribution is 7.90. The molecule has 1 aliphatic rings. The van der Waals surface area contributed by atoms with Crippen molar-refractivity contribution in [1.82, 2.24) is 9.44 Å². The van der Waals surface area contributed by atoms with Crippen molar-refractivity contribution >= 4 is 26.0 Å². The van der Waals surface area contributed by atoms with Crippen LogP contribution in [0.25, 0.3) is 0 Å². The van der Waals surface area contributed by atoms with Crippen LogP contribution >= 0.6 is 0 Å². The molecule has 24 heavy (non-hydrogen) atoms. The molecule has 0 bridgehead atoms. The summed E-state index contributed by atoms with van der Waals surface area (Å²) in [6, 6.07) is 3.50. The molecule has 0 spiro atoms. The van der Waals surface area contributed by atoms with E-state index in [-0.39, 0.29) is 22.3 Å². The summed E-state index contributed by atoms with van der Waals surface area (Å²) in [6.07, 6.45) is 2.14. The topological polar surface area (TPSA) is 130 Å². The second kappa shape index (κ2) is 7.18. The average Bonchev–Trinajstić information content (AvgIpc) is 3.30. The summed E-state index contributed by atoms with van der Waals surface area (Å²) in [4.78, 5) is 10.7. The second-order valence-electron chi connectivity index (χ2n) is 5.67. The van der Waals surface area contributed by atoms with Crippen LogP contribution in [0.3, 0.4) is 0 Å². The van der Waals surface area contributed by atoms with Gasteiger partial charge in [0.15, 0.2) is 0 Å². The van der Waals surface area contributed by atoms with Gasteiger partial charge in [0.2, 0.25) is 20.0 Å². The molecule has 1 saturated carbocycles. The molecule has 2 rings (SSSR count). The zero-order chi connectivity index (χ0) is 18.0. The number of carboxylic acid groups (broad SMARTS) is 1. The quantitative estimate of drug-likeness (QED) is 0.580. The molecular weight excluding hydrogens is 356 g/mol. The van der Waals surface area contributed by atoms with Crippen molar-refractivity contribution in [2.45, 2.75) is 54.5 Å². The summed E-state index contributed by atoms with van der Waals surface area (Å²) in [5.41, 5.74) is 0. The van der Waals surface area contributed by atoms with Gasteiger partial charge in [-0.3, -0.25) is 4.79 Å². The van der Waals surface area contributed by atoms with Crippen molar-refractivity contribution in [2.75, 3.05) is 0 Å². The Morgan fingerprint density at radius 1 is 1.21 bits per heavy atom. The molecule has 1 aromatic carbocycles. The molecule has 0 radical (unpaired) electrons. The van der Waals surface area contributed by atoms with Gasteiger partial charge >= 0.3 is 5.97 Å². The van der Waals surface area contributed by atoms with Crippen LogP contribution in [0.1, 0.15) is 32.6 Å². The Bertz CT molecular complexity index is 815. The summed E-state index contributed by atoms with van der Waals surface area (Å²) in [5, 5.41) is 9.07. The van der Waals surface area contributed by atoms with Gasteiger partial charge in [0.1, 0.15) is 6.04 Å². The molecule has 0 heterocycles. The van der Waals surface area contributed by atoms with Crippen LogP contribution < -0.4 is 9.44 Å². The number of aliphatic carboxylic acids is 1.